The molecular formula is C15H19N3O. The van der Waals surface area contributed by atoms with Gasteiger partial charge in [-0.05, 0) is 38.1 Å². The van der Waals surface area contributed by atoms with E-state index in [-0.39, 0.29) is 0 Å². The van der Waals surface area contributed by atoms with Crippen LogP contribution in [-0.4, -0.2) is 34.7 Å². The molecule has 0 saturated carbocycles. The molecule has 0 atom stereocenters. The summed E-state index contributed by atoms with van der Waals surface area (Å²) in [5, 5.41) is 4.09. The molecule has 0 bridgehead atoms. The van der Waals surface area contributed by atoms with Crippen molar-refractivity contribution < 1.29 is 4.52 Å². The lowest BCUT2D eigenvalue weighted by molar-refractivity contribution is 0.224. The van der Waals surface area contributed by atoms with Gasteiger partial charge >= 0.3 is 0 Å². The Morgan fingerprint density at radius 3 is 2.79 bits per heavy atom. The van der Waals surface area contributed by atoms with Crippen LogP contribution in [0, 0.1) is 0 Å². The predicted octanol–water partition coefficient (Wildman–Crippen LogP) is 2.77. The summed E-state index contributed by atoms with van der Waals surface area (Å²) < 4.78 is 5.39. The number of hydrogen-bond donors (Lipinski definition) is 0. The molecule has 100 valence electrons. The molecule has 0 radical (unpaired) electrons. The zero-order chi connectivity index (χ0) is 12.9. The van der Waals surface area contributed by atoms with Gasteiger partial charge in [0.2, 0.25) is 0 Å². The Bertz CT molecular complexity index is 503. The van der Waals surface area contributed by atoms with Crippen molar-refractivity contribution in [2.75, 3.05) is 19.6 Å². The molecule has 4 heteroatoms. The topological polar surface area (TPSA) is 42.2 Å². The van der Waals surface area contributed by atoms with Crippen molar-refractivity contribution in [2.45, 2.75) is 25.7 Å². The number of hydrogen-bond acceptors (Lipinski definition) is 4. The van der Waals surface area contributed by atoms with Crippen LogP contribution in [0.3, 0.4) is 0 Å². The fourth-order valence-electron chi connectivity index (χ4n) is 2.52. The first kappa shape index (κ1) is 12.4. The second-order valence-corrected chi connectivity index (χ2v) is 5.05. The Hall–Kier alpha value is -1.68. The highest BCUT2D eigenvalue weighted by atomic mass is 16.5. The van der Waals surface area contributed by atoms with E-state index in [1.54, 1.807) is 6.20 Å². The Kier molecular flexibility index (Phi) is 3.89. The van der Waals surface area contributed by atoms with Gasteiger partial charge < -0.3 is 9.42 Å². The van der Waals surface area contributed by atoms with Crippen LogP contribution in [0.2, 0.25) is 0 Å². The fraction of sp³-hybridized carbons (Fsp3) is 0.467. The molecule has 4 nitrogen and oxygen atoms in total. The van der Waals surface area contributed by atoms with Crippen LogP contribution >= 0.6 is 0 Å². The van der Waals surface area contributed by atoms with E-state index in [1.807, 2.05) is 24.3 Å². The zero-order valence-corrected chi connectivity index (χ0v) is 11.1. The molecule has 0 N–H and O–H groups in total. The normalized spacial score (nSPS) is 16.6. The third kappa shape index (κ3) is 3.20. The van der Waals surface area contributed by atoms with Gasteiger partial charge in [0, 0.05) is 25.2 Å². The van der Waals surface area contributed by atoms with Gasteiger partial charge in [0.25, 0.3) is 0 Å². The number of rotatable bonds is 4. The highest BCUT2D eigenvalue weighted by Crippen LogP contribution is 2.17. The van der Waals surface area contributed by atoms with Crippen LogP contribution in [0.15, 0.2) is 35.0 Å². The molecular weight excluding hydrogens is 238 g/mol. The first-order chi connectivity index (χ1) is 9.42. The quantitative estimate of drug-likeness (QED) is 0.844. The van der Waals surface area contributed by atoms with E-state index in [0.717, 1.165) is 30.1 Å². The van der Waals surface area contributed by atoms with E-state index in [4.69, 9.17) is 4.52 Å². The van der Waals surface area contributed by atoms with Gasteiger partial charge in [-0.1, -0.05) is 17.6 Å². The molecule has 3 heterocycles. The minimum Gasteiger partial charge on any atom is -0.361 e. The predicted molar refractivity (Wildman–Crippen MR) is 73.7 cm³/mol. The van der Waals surface area contributed by atoms with Gasteiger partial charge in [-0.15, -0.1) is 0 Å². The molecule has 3 rings (SSSR count). The summed E-state index contributed by atoms with van der Waals surface area (Å²) in [4.78, 5) is 6.79. The van der Waals surface area contributed by atoms with E-state index < -0.39 is 0 Å². The minimum absolute atomic E-state index is 0.828. The highest BCUT2D eigenvalue weighted by molar-refractivity contribution is 5.52. The van der Waals surface area contributed by atoms with E-state index in [9.17, 15) is 0 Å². The second-order valence-electron chi connectivity index (χ2n) is 5.05. The second kappa shape index (κ2) is 5.97. The van der Waals surface area contributed by atoms with Crippen molar-refractivity contribution in [3.8, 4) is 11.4 Å². The summed E-state index contributed by atoms with van der Waals surface area (Å²) in [6.45, 7) is 3.51. The van der Waals surface area contributed by atoms with Gasteiger partial charge in [-0.3, -0.25) is 4.98 Å². The summed E-state index contributed by atoms with van der Waals surface area (Å²) in [5.74, 6) is 0.950. The molecule has 2 aromatic heterocycles. The van der Waals surface area contributed by atoms with Crippen LogP contribution in [0.4, 0.5) is 0 Å². The van der Waals surface area contributed by atoms with E-state index in [1.165, 1.54) is 32.4 Å². The number of aromatic nitrogens is 2. The SMILES string of the molecule is c1ccc(-c2cc(CCN3CCCCC3)on2)nc1. The Morgan fingerprint density at radius 2 is 2.00 bits per heavy atom. The van der Waals surface area contributed by atoms with Crippen molar-refractivity contribution >= 4 is 0 Å². The molecule has 0 unspecified atom stereocenters. The molecule has 1 aliphatic heterocycles. The molecule has 1 fully saturated rings. The minimum atomic E-state index is 0.828. The molecule has 0 aliphatic carbocycles. The van der Waals surface area contributed by atoms with Crippen LogP contribution in [0.5, 0.6) is 0 Å². The van der Waals surface area contributed by atoms with E-state index >= 15 is 0 Å². The smallest absolute Gasteiger partial charge is 0.138 e. The van der Waals surface area contributed by atoms with Crippen molar-refractivity contribution in [1.29, 1.82) is 0 Å². The molecule has 0 aromatic carbocycles. The third-order valence-corrected chi connectivity index (χ3v) is 3.61. The summed E-state index contributed by atoms with van der Waals surface area (Å²) in [7, 11) is 0. The summed E-state index contributed by atoms with van der Waals surface area (Å²) in [5.41, 5.74) is 1.70. The molecule has 19 heavy (non-hydrogen) atoms. The molecule has 0 spiro atoms. The third-order valence-electron chi connectivity index (χ3n) is 3.61. The fourth-order valence-corrected chi connectivity index (χ4v) is 2.52. The summed E-state index contributed by atoms with van der Waals surface area (Å²) in [6.07, 6.45) is 6.74. The molecule has 1 aliphatic rings. The highest BCUT2D eigenvalue weighted by Gasteiger charge is 2.12. The Morgan fingerprint density at radius 1 is 1.11 bits per heavy atom. The number of nitrogens with zero attached hydrogens (tertiary/aromatic N) is 3. The van der Waals surface area contributed by atoms with Crippen LogP contribution in [0.25, 0.3) is 11.4 Å². The van der Waals surface area contributed by atoms with E-state index in [2.05, 4.69) is 15.0 Å². The maximum absolute atomic E-state index is 5.39. The zero-order valence-electron chi connectivity index (χ0n) is 11.1. The van der Waals surface area contributed by atoms with Crippen LogP contribution in [0.1, 0.15) is 25.0 Å². The molecule has 2 aromatic rings. The number of piperidine rings is 1. The lowest BCUT2D eigenvalue weighted by Crippen LogP contribution is -2.31. The Balaban J connectivity index is 1.59. The summed E-state index contributed by atoms with van der Waals surface area (Å²) in [6, 6.07) is 7.82. The Labute approximate surface area is 113 Å². The van der Waals surface area contributed by atoms with Gasteiger partial charge in [-0.2, -0.15) is 0 Å². The van der Waals surface area contributed by atoms with Gasteiger partial charge in [0.05, 0.1) is 5.69 Å². The molecule has 0 amide bonds. The lowest BCUT2D eigenvalue weighted by atomic mass is 10.1. The van der Waals surface area contributed by atoms with Gasteiger partial charge in [0.1, 0.15) is 11.5 Å². The van der Waals surface area contributed by atoms with Gasteiger partial charge in [-0.25, -0.2) is 0 Å². The molecule has 1 saturated heterocycles. The van der Waals surface area contributed by atoms with Crippen molar-refractivity contribution in [1.82, 2.24) is 15.0 Å². The van der Waals surface area contributed by atoms with Crippen molar-refractivity contribution in [2.24, 2.45) is 0 Å². The number of pyridine rings is 1. The van der Waals surface area contributed by atoms with E-state index in [0.29, 0.717) is 0 Å². The van der Waals surface area contributed by atoms with Crippen molar-refractivity contribution in [3.63, 3.8) is 0 Å². The first-order valence-electron chi connectivity index (χ1n) is 7.01. The van der Waals surface area contributed by atoms with Crippen molar-refractivity contribution in [3.05, 3.63) is 36.2 Å². The summed E-state index contributed by atoms with van der Waals surface area (Å²) >= 11 is 0. The average molecular weight is 257 g/mol. The average Bonchev–Trinajstić information content (AvgIpc) is 2.96. The number of likely N-dealkylation sites (tertiary alicyclic amines) is 1. The lowest BCUT2D eigenvalue weighted by Gasteiger charge is -2.25. The maximum Gasteiger partial charge on any atom is 0.138 e. The monoisotopic (exact) mass is 257 g/mol. The maximum atomic E-state index is 5.39. The van der Waals surface area contributed by atoms with Crippen LogP contribution in [-0.2, 0) is 6.42 Å². The standard InChI is InChI=1S/C15H19N3O/c1-4-9-18(10-5-1)11-7-13-12-15(17-19-13)14-6-2-3-8-16-14/h2-3,6,8,12H,1,4-5,7,9-11H2. The first-order valence-corrected chi connectivity index (χ1v) is 7.01. The van der Waals surface area contributed by atoms with Crippen LogP contribution < -0.4 is 0 Å². The van der Waals surface area contributed by atoms with Gasteiger partial charge in [0.15, 0.2) is 0 Å². The largest absolute Gasteiger partial charge is 0.361 e.